The quantitative estimate of drug-likeness (QED) is 0.464. The lowest BCUT2D eigenvalue weighted by molar-refractivity contribution is 0.284. The monoisotopic (exact) mass is 390 g/mol. The molecule has 0 fully saturated rings. The molecule has 0 saturated carbocycles. The molecule has 0 aliphatic carbocycles. The predicted octanol–water partition coefficient (Wildman–Crippen LogP) is 6.73. The molecule has 0 aliphatic rings. The second-order valence-electron chi connectivity index (χ2n) is 5.29. The molecule has 25 heavy (non-hydrogen) atoms. The minimum Gasteiger partial charge on any atom is -0.493 e. The third-order valence-corrected chi connectivity index (χ3v) is 4.84. The van der Waals surface area contributed by atoms with E-state index in [0.717, 1.165) is 15.4 Å². The lowest BCUT2D eigenvalue weighted by atomic mass is 10.2. The van der Waals surface area contributed by atoms with Crippen LogP contribution in [0.5, 0.6) is 11.5 Å². The Morgan fingerprint density at radius 2 is 1.52 bits per heavy atom. The molecule has 0 aliphatic heterocycles. The highest BCUT2D eigenvalue weighted by Gasteiger charge is 2.08. The number of halogens is 2. The minimum atomic E-state index is 0.494. The van der Waals surface area contributed by atoms with E-state index in [0.29, 0.717) is 28.2 Å². The van der Waals surface area contributed by atoms with Crippen LogP contribution in [0.4, 0.5) is 0 Å². The zero-order valence-corrected chi connectivity index (χ0v) is 15.9. The van der Waals surface area contributed by atoms with Crippen LogP contribution in [0.15, 0.2) is 76.5 Å². The molecule has 0 heterocycles. The van der Waals surface area contributed by atoms with E-state index in [-0.39, 0.29) is 0 Å². The molecule has 0 atom stereocenters. The number of ether oxygens (including phenoxy) is 2. The second-order valence-corrected chi connectivity index (χ2v) is 7.31. The summed E-state index contributed by atoms with van der Waals surface area (Å²) in [5.74, 6) is 1.40. The lowest BCUT2D eigenvalue weighted by Gasteiger charge is -2.12. The summed E-state index contributed by atoms with van der Waals surface area (Å²) in [6.45, 7) is 0.494. The Bertz CT molecular complexity index is 833. The van der Waals surface area contributed by atoms with E-state index in [1.807, 2.05) is 60.7 Å². The third kappa shape index (κ3) is 5.08. The van der Waals surface area contributed by atoms with Crippen LogP contribution in [0.2, 0.25) is 10.0 Å². The summed E-state index contributed by atoms with van der Waals surface area (Å²) in [7, 11) is 1.63. The number of hydrogen-bond donors (Lipinski definition) is 0. The normalized spacial score (nSPS) is 10.5. The van der Waals surface area contributed by atoms with Crippen LogP contribution in [0.3, 0.4) is 0 Å². The summed E-state index contributed by atoms with van der Waals surface area (Å²) >= 11 is 13.7. The van der Waals surface area contributed by atoms with Gasteiger partial charge in [0.1, 0.15) is 6.61 Å². The van der Waals surface area contributed by atoms with Crippen LogP contribution in [0.1, 0.15) is 5.56 Å². The first-order valence-electron chi connectivity index (χ1n) is 7.63. The third-order valence-electron chi connectivity index (χ3n) is 3.44. The minimum absolute atomic E-state index is 0.494. The highest BCUT2D eigenvalue weighted by atomic mass is 35.5. The predicted molar refractivity (Wildman–Crippen MR) is 104 cm³/mol. The van der Waals surface area contributed by atoms with Gasteiger partial charge >= 0.3 is 0 Å². The maximum Gasteiger partial charge on any atom is 0.161 e. The van der Waals surface area contributed by atoms with Crippen molar-refractivity contribution in [1.29, 1.82) is 0 Å². The van der Waals surface area contributed by atoms with Crippen molar-refractivity contribution in [2.75, 3.05) is 7.11 Å². The van der Waals surface area contributed by atoms with Gasteiger partial charge in [-0.15, -0.1) is 0 Å². The summed E-state index contributed by atoms with van der Waals surface area (Å²) in [5, 5.41) is 1.23. The van der Waals surface area contributed by atoms with Gasteiger partial charge in [-0.25, -0.2) is 0 Å². The summed E-state index contributed by atoms with van der Waals surface area (Å²) in [5.41, 5.74) is 1.11. The highest BCUT2D eigenvalue weighted by Crippen LogP contribution is 2.37. The Hall–Kier alpha value is -1.81. The number of benzene rings is 3. The molecule has 2 nitrogen and oxygen atoms in total. The van der Waals surface area contributed by atoms with Gasteiger partial charge in [-0.1, -0.05) is 65.3 Å². The lowest BCUT2D eigenvalue weighted by Crippen LogP contribution is -1.97. The number of rotatable bonds is 6. The van der Waals surface area contributed by atoms with Gasteiger partial charge in [-0.05, 0) is 42.0 Å². The molecule has 0 amide bonds. The molecule has 0 radical (unpaired) electrons. The molecule has 3 rings (SSSR count). The van der Waals surface area contributed by atoms with Gasteiger partial charge in [-0.3, -0.25) is 0 Å². The molecular weight excluding hydrogens is 375 g/mol. The van der Waals surface area contributed by atoms with Gasteiger partial charge < -0.3 is 9.47 Å². The Balaban J connectivity index is 1.74. The van der Waals surface area contributed by atoms with E-state index in [4.69, 9.17) is 32.7 Å². The van der Waals surface area contributed by atoms with E-state index in [9.17, 15) is 0 Å². The number of methoxy groups -OCH3 is 1. The van der Waals surface area contributed by atoms with Gasteiger partial charge in [-0.2, -0.15) is 0 Å². The molecular formula is C20H16Cl2O2S. The fourth-order valence-electron chi connectivity index (χ4n) is 2.29. The Labute approximate surface area is 161 Å². The maximum atomic E-state index is 6.06. The Morgan fingerprint density at radius 3 is 2.20 bits per heavy atom. The van der Waals surface area contributed by atoms with Gasteiger partial charge in [0.15, 0.2) is 11.5 Å². The van der Waals surface area contributed by atoms with E-state index in [1.165, 1.54) is 0 Å². The van der Waals surface area contributed by atoms with Crippen molar-refractivity contribution in [3.05, 3.63) is 82.3 Å². The second kappa shape index (κ2) is 8.52. The van der Waals surface area contributed by atoms with Crippen molar-refractivity contribution in [1.82, 2.24) is 0 Å². The van der Waals surface area contributed by atoms with Crippen LogP contribution >= 0.6 is 35.0 Å². The fraction of sp³-hybridized carbons (Fsp3) is 0.100. The standard InChI is InChI=1S/C20H16Cl2O2S/c1-23-20-12-17(25-18-10-15(21)9-16(22)11-18)7-8-19(20)24-13-14-5-3-2-4-6-14/h2-12H,13H2,1H3. The van der Waals surface area contributed by atoms with Gasteiger partial charge in [0, 0.05) is 19.8 Å². The fourth-order valence-corrected chi connectivity index (χ4v) is 3.89. The Kier molecular flexibility index (Phi) is 6.14. The Morgan fingerprint density at radius 1 is 0.800 bits per heavy atom. The molecule has 5 heteroatoms. The van der Waals surface area contributed by atoms with Crippen molar-refractivity contribution in [2.24, 2.45) is 0 Å². The molecule has 0 bridgehead atoms. The molecule has 128 valence electrons. The molecule has 3 aromatic rings. The van der Waals surface area contributed by atoms with Crippen LogP contribution in [0, 0.1) is 0 Å². The molecule has 3 aromatic carbocycles. The molecule has 0 unspecified atom stereocenters. The van der Waals surface area contributed by atoms with Gasteiger partial charge in [0.2, 0.25) is 0 Å². The van der Waals surface area contributed by atoms with Gasteiger partial charge in [0.25, 0.3) is 0 Å². The van der Waals surface area contributed by atoms with Crippen LogP contribution in [-0.4, -0.2) is 7.11 Å². The average Bonchev–Trinajstić information content (AvgIpc) is 2.60. The average molecular weight is 391 g/mol. The van der Waals surface area contributed by atoms with E-state index >= 15 is 0 Å². The van der Waals surface area contributed by atoms with Crippen LogP contribution < -0.4 is 9.47 Å². The van der Waals surface area contributed by atoms with Crippen molar-refractivity contribution in [3.8, 4) is 11.5 Å². The van der Waals surface area contributed by atoms with E-state index in [1.54, 1.807) is 24.9 Å². The van der Waals surface area contributed by atoms with Crippen molar-refractivity contribution < 1.29 is 9.47 Å². The molecule has 0 saturated heterocycles. The first-order valence-corrected chi connectivity index (χ1v) is 9.20. The van der Waals surface area contributed by atoms with Crippen LogP contribution in [-0.2, 0) is 6.61 Å². The van der Waals surface area contributed by atoms with Crippen molar-refractivity contribution >= 4 is 35.0 Å². The number of hydrogen-bond acceptors (Lipinski definition) is 3. The zero-order chi connectivity index (χ0) is 17.6. The summed E-state index contributed by atoms with van der Waals surface area (Å²) < 4.78 is 11.4. The summed E-state index contributed by atoms with van der Waals surface area (Å²) in [6, 6.07) is 21.3. The largest absolute Gasteiger partial charge is 0.493 e. The molecule has 0 spiro atoms. The topological polar surface area (TPSA) is 18.5 Å². The smallest absolute Gasteiger partial charge is 0.161 e. The maximum absolute atomic E-state index is 6.06. The van der Waals surface area contributed by atoms with Crippen molar-refractivity contribution in [2.45, 2.75) is 16.4 Å². The van der Waals surface area contributed by atoms with E-state index < -0.39 is 0 Å². The van der Waals surface area contributed by atoms with Crippen LogP contribution in [0.25, 0.3) is 0 Å². The van der Waals surface area contributed by atoms with Gasteiger partial charge in [0.05, 0.1) is 7.11 Å². The first-order chi connectivity index (χ1) is 12.1. The highest BCUT2D eigenvalue weighted by molar-refractivity contribution is 7.99. The molecule has 0 N–H and O–H groups in total. The molecule has 0 aromatic heterocycles. The zero-order valence-electron chi connectivity index (χ0n) is 13.5. The summed E-state index contributed by atoms with van der Waals surface area (Å²) in [4.78, 5) is 1.99. The summed E-state index contributed by atoms with van der Waals surface area (Å²) in [6.07, 6.45) is 0. The van der Waals surface area contributed by atoms with E-state index in [2.05, 4.69) is 0 Å². The van der Waals surface area contributed by atoms with Crippen molar-refractivity contribution in [3.63, 3.8) is 0 Å². The SMILES string of the molecule is COc1cc(Sc2cc(Cl)cc(Cl)c2)ccc1OCc1ccccc1. The first kappa shape index (κ1) is 18.0.